The van der Waals surface area contributed by atoms with Gasteiger partial charge >= 0.3 is 0 Å². The summed E-state index contributed by atoms with van der Waals surface area (Å²) in [4.78, 5) is 27.3. The van der Waals surface area contributed by atoms with Gasteiger partial charge in [-0.15, -0.1) is 0 Å². The third-order valence-electron chi connectivity index (χ3n) is 4.89. The third kappa shape index (κ3) is 4.34. The zero-order valence-corrected chi connectivity index (χ0v) is 17.1. The minimum Gasteiger partial charge on any atom is -0.507 e. The molecule has 1 fully saturated rings. The van der Waals surface area contributed by atoms with Crippen LogP contribution >= 0.6 is 0 Å². The van der Waals surface area contributed by atoms with Crippen LogP contribution in [0.1, 0.15) is 50.8 Å². The van der Waals surface area contributed by atoms with Crippen molar-refractivity contribution < 1.29 is 19.4 Å². The molecule has 1 saturated heterocycles. The molecule has 2 aromatic carbocycles. The lowest BCUT2D eigenvalue weighted by Gasteiger charge is -2.25. The molecular formula is C24H27NO4. The number of rotatable bonds is 7. The van der Waals surface area contributed by atoms with Crippen LogP contribution in [-0.2, 0) is 9.59 Å². The Hall–Kier alpha value is -3.08. The average Bonchev–Trinajstić information content (AvgIpc) is 2.96. The lowest BCUT2D eigenvalue weighted by atomic mass is 9.95. The van der Waals surface area contributed by atoms with Gasteiger partial charge in [0.25, 0.3) is 11.7 Å². The van der Waals surface area contributed by atoms with Crippen LogP contribution in [0.25, 0.3) is 5.76 Å². The highest BCUT2D eigenvalue weighted by Crippen LogP contribution is 2.40. The Balaban J connectivity index is 2.13. The van der Waals surface area contributed by atoms with Gasteiger partial charge in [0.1, 0.15) is 11.5 Å². The SMILES string of the molecule is CCCCN1C(=O)C(=O)/C(=C(\O)c2ccccc2)C1c1cccc(OC(C)C)c1. The maximum Gasteiger partial charge on any atom is 0.295 e. The normalized spacial score (nSPS) is 18.5. The van der Waals surface area contributed by atoms with Crippen LogP contribution in [0.3, 0.4) is 0 Å². The van der Waals surface area contributed by atoms with E-state index >= 15 is 0 Å². The van der Waals surface area contributed by atoms with Crippen LogP contribution in [0.15, 0.2) is 60.2 Å². The monoisotopic (exact) mass is 393 g/mol. The first-order valence-corrected chi connectivity index (χ1v) is 10.0. The van der Waals surface area contributed by atoms with E-state index in [-0.39, 0.29) is 17.4 Å². The van der Waals surface area contributed by atoms with Gasteiger partial charge in [-0.2, -0.15) is 0 Å². The Bertz CT molecular complexity index is 917. The van der Waals surface area contributed by atoms with Crippen molar-refractivity contribution in [2.75, 3.05) is 6.54 Å². The van der Waals surface area contributed by atoms with E-state index in [0.29, 0.717) is 17.9 Å². The van der Waals surface area contributed by atoms with E-state index in [9.17, 15) is 14.7 Å². The molecule has 0 saturated carbocycles. The molecule has 0 aromatic heterocycles. The summed E-state index contributed by atoms with van der Waals surface area (Å²) < 4.78 is 5.80. The summed E-state index contributed by atoms with van der Waals surface area (Å²) in [6, 6.07) is 15.6. The Morgan fingerprint density at radius 1 is 1.10 bits per heavy atom. The first kappa shape index (κ1) is 20.6. The quantitative estimate of drug-likeness (QED) is 0.421. The van der Waals surface area contributed by atoms with E-state index in [1.165, 1.54) is 0 Å². The fourth-order valence-corrected chi connectivity index (χ4v) is 3.57. The van der Waals surface area contributed by atoms with E-state index < -0.39 is 17.7 Å². The van der Waals surface area contributed by atoms with Gasteiger partial charge in [0.05, 0.1) is 17.7 Å². The molecule has 2 aromatic rings. The number of hydrogen-bond acceptors (Lipinski definition) is 4. The topological polar surface area (TPSA) is 66.8 Å². The highest BCUT2D eigenvalue weighted by atomic mass is 16.5. The third-order valence-corrected chi connectivity index (χ3v) is 4.89. The highest BCUT2D eigenvalue weighted by Gasteiger charge is 2.45. The Kier molecular flexibility index (Phi) is 6.37. The molecule has 152 valence electrons. The minimum atomic E-state index is -0.650. The van der Waals surface area contributed by atoms with Crippen molar-refractivity contribution >= 4 is 17.4 Å². The molecule has 5 nitrogen and oxygen atoms in total. The van der Waals surface area contributed by atoms with Gasteiger partial charge in [-0.25, -0.2) is 0 Å². The largest absolute Gasteiger partial charge is 0.507 e. The molecule has 1 aliphatic heterocycles. The Labute approximate surface area is 171 Å². The van der Waals surface area contributed by atoms with Crippen molar-refractivity contribution in [3.63, 3.8) is 0 Å². The number of ketones is 1. The summed E-state index contributed by atoms with van der Waals surface area (Å²) >= 11 is 0. The van der Waals surface area contributed by atoms with Gasteiger partial charge in [0.2, 0.25) is 0 Å². The predicted octanol–water partition coefficient (Wildman–Crippen LogP) is 4.70. The number of nitrogens with zero attached hydrogens (tertiary/aromatic N) is 1. The van der Waals surface area contributed by atoms with Crippen molar-refractivity contribution in [2.24, 2.45) is 0 Å². The molecule has 3 rings (SSSR count). The first-order chi connectivity index (χ1) is 13.9. The fourth-order valence-electron chi connectivity index (χ4n) is 3.57. The standard InChI is InChI=1S/C24H27NO4/c1-4-5-14-25-21(18-12-9-13-19(15-18)29-16(2)3)20(23(27)24(25)28)22(26)17-10-7-6-8-11-17/h6-13,15-16,21,26H,4-5,14H2,1-3H3/b22-20-. The van der Waals surface area contributed by atoms with Gasteiger partial charge in [0.15, 0.2) is 0 Å². The number of unbranched alkanes of at least 4 members (excludes halogenated alkanes) is 1. The van der Waals surface area contributed by atoms with Gasteiger partial charge in [-0.3, -0.25) is 9.59 Å². The van der Waals surface area contributed by atoms with Crippen molar-refractivity contribution in [1.29, 1.82) is 0 Å². The Morgan fingerprint density at radius 3 is 2.48 bits per heavy atom. The Morgan fingerprint density at radius 2 is 1.83 bits per heavy atom. The summed E-state index contributed by atoms with van der Waals surface area (Å²) in [6.45, 7) is 6.37. The second-order valence-corrected chi connectivity index (χ2v) is 7.45. The lowest BCUT2D eigenvalue weighted by molar-refractivity contribution is -0.139. The average molecular weight is 393 g/mol. The molecular weight excluding hydrogens is 366 g/mol. The number of amides is 1. The molecule has 1 unspecified atom stereocenters. The number of Topliss-reactive ketones (excluding diaryl/α,β-unsaturated/α-hetero) is 1. The van der Waals surface area contributed by atoms with Crippen molar-refractivity contribution in [3.05, 3.63) is 71.3 Å². The number of likely N-dealkylation sites (tertiary alicyclic amines) is 1. The van der Waals surface area contributed by atoms with Crippen molar-refractivity contribution in [2.45, 2.75) is 45.8 Å². The fraction of sp³-hybridized carbons (Fsp3) is 0.333. The van der Waals surface area contributed by atoms with E-state index in [0.717, 1.165) is 18.4 Å². The molecule has 0 spiro atoms. The van der Waals surface area contributed by atoms with Crippen LogP contribution in [0.4, 0.5) is 0 Å². The zero-order valence-electron chi connectivity index (χ0n) is 17.1. The number of aliphatic hydroxyl groups is 1. The van der Waals surface area contributed by atoms with Crippen LogP contribution in [0, 0.1) is 0 Å². The molecule has 1 N–H and O–H groups in total. The van der Waals surface area contributed by atoms with E-state index in [4.69, 9.17) is 4.74 Å². The van der Waals surface area contributed by atoms with Crippen molar-refractivity contribution in [1.82, 2.24) is 4.90 Å². The highest BCUT2D eigenvalue weighted by molar-refractivity contribution is 6.46. The lowest BCUT2D eigenvalue weighted by Crippen LogP contribution is -2.30. The maximum atomic E-state index is 12.9. The molecule has 1 aliphatic rings. The molecule has 1 amide bonds. The van der Waals surface area contributed by atoms with E-state index in [2.05, 4.69) is 0 Å². The number of hydrogen-bond donors (Lipinski definition) is 1. The summed E-state index contributed by atoms with van der Waals surface area (Å²) in [6.07, 6.45) is 1.67. The second-order valence-electron chi connectivity index (χ2n) is 7.45. The van der Waals surface area contributed by atoms with Gasteiger partial charge in [-0.1, -0.05) is 55.8 Å². The van der Waals surface area contributed by atoms with Crippen LogP contribution in [0.5, 0.6) is 5.75 Å². The number of ether oxygens (including phenoxy) is 1. The first-order valence-electron chi connectivity index (χ1n) is 10.0. The van der Waals surface area contributed by atoms with Gasteiger partial charge < -0.3 is 14.7 Å². The molecule has 5 heteroatoms. The van der Waals surface area contributed by atoms with E-state index in [1.807, 2.05) is 51.1 Å². The summed E-state index contributed by atoms with van der Waals surface area (Å²) in [5, 5.41) is 10.9. The van der Waals surface area contributed by atoms with Gasteiger partial charge in [0, 0.05) is 12.1 Å². The molecule has 0 bridgehead atoms. The maximum absolute atomic E-state index is 12.9. The summed E-state index contributed by atoms with van der Waals surface area (Å²) in [7, 11) is 0. The molecule has 29 heavy (non-hydrogen) atoms. The smallest absolute Gasteiger partial charge is 0.295 e. The zero-order chi connectivity index (χ0) is 21.0. The summed E-state index contributed by atoms with van der Waals surface area (Å²) in [5.41, 5.74) is 1.38. The number of carbonyl (C=O) groups excluding carboxylic acids is 2. The minimum absolute atomic E-state index is 0.000945. The van der Waals surface area contributed by atoms with Crippen LogP contribution in [-0.4, -0.2) is 34.3 Å². The number of aliphatic hydroxyl groups excluding tert-OH is 1. The second kappa shape index (κ2) is 8.95. The number of carbonyl (C=O) groups is 2. The van der Waals surface area contributed by atoms with Crippen molar-refractivity contribution in [3.8, 4) is 5.75 Å². The molecule has 1 atom stereocenters. The van der Waals surface area contributed by atoms with Crippen LogP contribution in [0.2, 0.25) is 0 Å². The number of benzene rings is 2. The summed E-state index contributed by atoms with van der Waals surface area (Å²) in [5.74, 6) is -0.708. The predicted molar refractivity (Wildman–Crippen MR) is 113 cm³/mol. The molecule has 0 radical (unpaired) electrons. The van der Waals surface area contributed by atoms with Gasteiger partial charge in [-0.05, 0) is 38.0 Å². The van der Waals surface area contributed by atoms with Crippen LogP contribution < -0.4 is 4.74 Å². The van der Waals surface area contributed by atoms with E-state index in [1.54, 1.807) is 29.2 Å². The molecule has 1 heterocycles. The molecule has 0 aliphatic carbocycles.